The van der Waals surface area contributed by atoms with E-state index in [4.69, 9.17) is 9.72 Å². The zero-order chi connectivity index (χ0) is 19.8. The van der Waals surface area contributed by atoms with Gasteiger partial charge in [-0.05, 0) is 68.3 Å². The second-order valence-corrected chi connectivity index (χ2v) is 9.99. The molecular formula is C19H24BrN5O3. The molecule has 2 aromatic rings. The maximum Gasteiger partial charge on any atom is 0.410 e. The summed E-state index contributed by atoms with van der Waals surface area (Å²) in [6.45, 7) is 6.84. The van der Waals surface area contributed by atoms with Crippen molar-refractivity contribution in [1.82, 2.24) is 24.5 Å². The van der Waals surface area contributed by atoms with Gasteiger partial charge in [-0.15, -0.1) is 0 Å². The summed E-state index contributed by atoms with van der Waals surface area (Å²) in [4.78, 5) is 36.6. The number of aromatic nitrogens is 4. The lowest BCUT2D eigenvalue weighted by Crippen LogP contribution is -2.51. The van der Waals surface area contributed by atoms with E-state index in [2.05, 4.69) is 26.0 Å². The number of hydrogen-bond donors (Lipinski definition) is 1. The maximum absolute atomic E-state index is 13.4. The van der Waals surface area contributed by atoms with Gasteiger partial charge < -0.3 is 9.64 Å². The van der Waals surface area contributed by atoms with Crippen LogP contribution in [0.15, 0.2) is 9.53 Å². The van der Waals surface area contributed by atoms with E-state index in [1.54, 1.807) is 4.90 Å². The molecule has 2 atom stereocenters. The number of halogens is 1. The molecule has 0 radical (unpaired) electrons. The van der Waals surface area contributed by atoms with Crippen LogP contribution in [0.25, 0.3) is 5.78 Å². The lowest BCUT2D eigenvalue weighted by Gasteiger charge is -2.47. The molecule has 8 nitrogen and oxygen atoms in total. The Balaban J connectivity index is 1.50. The van der Waals surface area contributed by atoms with E-state index in [0.29, 0.717) is 35.4 Å². The quantitative estimate of drug-likeness (QED) is 0.667. The van der Waals surface area contributed by atoms with Crippen LogP contribution >= 0.6 is 15.9 Å². The summed E-state index contributed by atoms with van der Waals surface area (Å²) in [6, 6.07) is 0. The molecule has 0 bridgehead atoms. The van der Waals surface area contributed by atoms with Crippen LogP contribution in [0.1, 0.15) is 63.6 Å². The van der Waals surface area contributed by atoms with Crippen molar-refractivity contribution in [3.8, 4) is 0 Å². The largest absolute Gasteiger partial charge is 0.444 e. The van der Waals surface area contributed by atoms with Crippen molar-refractivity contribution in [1.29, 1.82) is 0 Å². The van der Waals surface area contributed by atoms with Crippen LogP contribution in [0.3, 0.4) is 0 Å². The first-order chi connectivity index (χ1) is 13.2. The molecular weight excluding hydrogens is 426 g/mol. The molecule has 1 saturated heterocycles. The van der Waals surface area contributed by atoms with Crippen molar-refractivity contribution in [2.24, 2.45) is 5.92 Å². The van der Waals surface area contributed by atoms with Crippen LogP contribution in [0.5, 0.6) is 0 Å². The molecule has 1 amide bonds. The van der Waals surface area contributed by atoms with Gasteiger partial charge in [0, 0.05) is 30.0 Å². The van der Waals surface area contributed by atoms with E-state index in [1.165, 1.54) is 4.52 Å². The summed E-state index contributed by atoms with van der Waals surface area (Å²) in [5, 5.41) is 2.94. The predicted octanol–water partition coefficient (Wildman–Crippen LogP) is 2.96. The Morgan fingerprint density at radius 1 is 1.25 bits per heavy atom. The van der Waals surface area contributed by atoms with Gasteiger partial charge in [0.25, 0.3) is 11.3 Å². The van der Waals surface area contributed by atoms with Gasteiger partial charge in [0.15, 0.2) is 4.73 Å². The number of amides is 1. The van der Waals surface area contributed by atoms with Crippen molar-refractivity contribution in [3.05, 3.63) is 26.3 Å². The first-order valence-corrected chi connectivity index (χ1v) is 10.7. The number of aromatic amines is 1. The highest BCUT2D eigenvalue weighted by molar-refractivity contribution is 9.10. The number of rotatable bonds is 0. The third-order valence-corrected chi connectivity index (χ3v) is 6.99. The van der Waals surface area contributed by atoms with Crippen LogP contribution in [-0.4, -0.2) is 49.3 Å². The minimum Gasteiger partial charge on any atom is -0.444 e. The fourth-order valence-electron chi connectivity index (χ4n) is 5.35. The average molecular weight is 450 g/mol. The molecule has 2 fully saturated rings. The lowest BCUT2D eigenvalue weighted by molar-refractivity contribution is 0.00836. The van der Waals surface area contributed by atoms with Crippen molar-refractivity contribution in [3.63, 3.8) is 0 Å². The second-order valence-electron chi connectivity index (χ2n) is 9.24. The lowest BCUT2D eigenvalue weighted by atomic mass is 9.60. The molecule has 1 saturated carbocycles. The number of ether oxygens (including phenoxy) is 1. The van der Waals surface area contributed by atoms with Crippen molar-refractivity contribution in [2.75, 3.05) is 13.1 Å². The summed E-state index contributed by atoms with van der Waals surface area (Å²) in [5.74, 6) is 1.21. The highest BCUT2D eigenvalue weighted by Crippen LogP contribution is 2.62. The van der Waals surface area contributed by atoms with Gasteiger partial charge in [-0.2, -0.15) is 9.50 Å². The van der Waals surface area contributed by atoms with Crippen molar-refractivity contribution >= 4 is 27.8 Å². The summed E-state index contributed by atoms with van der Waals surface area (Å²) in [5.41, 5.74) is 1.04. The molecule has 5 rings (SSSR count). The van der Waals surface area contributed by atoms with E-state index in [1.807, 2.05) is 20.8 Å². The summed E-state index contributed by atoms with van der Waals surface area (Å²) < 4.78 is 7.47. The van der Waals surface area contributed by atoms with E-state index >= 15 is 0 Å². The standard InChI is InChI=1S/C19H24BrN5O3/c1-18(2,3)28-17(27)24-8-6-19(7-9-24)11-5-4-10(11)13-12(19)14(26)25-16(21-13)22-15(20)23-25/h10-11H,4-9H2,1-3H3,(H,21,22,23)/t10-,11+/m0/s1. The zero-order valence-corrected chi connectivity index (χ0v) is 17.9. The number of nitrogens with zero attached hydrogens (tertiary/aromatic N) is 4. The fraction of sp³-hybridized carbons (Fsp3) is 0.684. The summed E-state index contributed by atoms with van der Waals surface area (Å²) in [7, 11) is 0. The summed E-state index contributed by atoms with van der Waals surface area (Å²) in [6.07, 6.45) is 3.47. The average Bonchev–Trinajstić information content (AvgIpc) is 3.00. The fourth-order valence-corrected chi connectivity index (χ4v) is 5.69. The van der Waals surface area contributed by atoms with Gasteiger partial charge in [-0.1, -0.05) is 0 Å². The normalized spacial score (nSPS) is 25.5. The van der Waals surface area contributed by atoms with Gasteiger partial charge in [-0.25, -0.2) is 9.78 Å². The number of fused-ring (bicyclic) bond motifs is 6. The van der Waals surface area contributed by atoms with Gasteiger partial charge in [-0.3, -0.25) is 9.89 Å². The van der Waals surface area contributed by atoms with Gasteiger partial charge in [0.1, 0.15) is 5.60 Å². The maximum atomic E-state index is 13.4. The number of piperidine rings is 1. The number of nitrogens with one attached hydrogen (secondary N) is 1. The molecule has 0 unspecified atom stereocenters. The number of carbonyl (C=O) groups excluding carboxylic acids is 1. The van der Waals surface area contributed by atoms with Gasteiger partial charge in [0.2, 0.25) is 0 Å². The zero-order valence-electron chi connectivity index (χ0n) is 16.3. The first kappa shape index (κ1) is 18.1. The highest BCUT2D eigenvalue weighted by Gasteiger charge is 2.59. The van der Waals surface area contributed by atoms with Crippen molar-refractivity contribution in [2.45, 2.75) is 63.4 Å². The van der Waals surface area contributed by atoms with Crippen LogP contribution in [0.4, 0.5) is 4.79 Å². The summed E-state index contributed by atoms with van der Waals surface area (Å²) >= 11 is 3.30. The number of hydrogen-bond acceptors (Lipinski definition) is 5. The Kier molecular flexibility index (Phi) is 3.76. The Hall–Kier alpha value is -1.90. The number of carbonyl (C=O) groups is 1. The highest BCUT2D eigenvalue weighted by atomic mass is 79.9. The van der Waals surface area contributed by atoms with Crippen LogP contribution < -0.4 is 5.56 Å². The molecule has 28 heavy (non-hydrogen) atoms. The van der Waals surface area contributed by atoms with Crippen molar-refractivity contribution < 1.29 is 9.53 Å². The molecule has 1 spiro atoms. The Morgan fingerprint density at radius 3 is 2.57 bits per heavy atom. The van der Waals surface area contributed by atoms with E-state index in [9.17, 15) is 9.59 Å². The van der Waals surface area contributed by atoms with Crippen LogP contribution in [0, 0.1) is 5.92 Å². The molecule has 1 aliphatic heterocycles. The SMILES string of the molecule is CC(C)(C)OC(=O)N1CCC2(CC1)c1c(nc3nc(Br)[nH]n3c1=O)[C@H]1CC[C@H]12. The topological polar surface area (TPSA) is 92.6 Å². The second kappa shape index (κ2) is 5.81. The van der Waals surface area contributed by atoms with Crippen LogP contribution in [-0.2, 0) is 10.2 Å². The monoisotopic (exact) mass is 449 g/mol. The molecule has 3 heterocycles. The third-order valence-electron chi connectivity index (χ3n) is 6.64. The smallest absolute Gasteiger partial charge is 0.410 e. The molecule has 9 heteroatoms. The number of likely N-dealkylation sites (tertiary alicyclic amines) is 1. The van der Waals surface area contributed by atoms with E-state index < -0.39 is 5.60 Å². The Morgan fingerprint density at radius 2 is 1.96 bits per heavy atom. The third kappa shape index (κ3) is 2.47. The van der Waals surface area contributed by atoms with E-state index in [-0.39, 0.29) is 17.1 Å². The molecule has 3 aliphatic rings. The molecule has 0 aromatic carbocycles. The minimum absolute atomic E-state index is 0.0432. The Bertz CT molecular complexity index is 1030. The first-order valence-electron chi connectivity index (χ1n) is 9.86. The van der Waals surface area contributed by atoms with E-state index in [0.717, 1.165) is 36.9 Å². The van der Waals surface area contributed by atoms with Gasteiger partial charge in [0.05, 0.1) is 5.69 Å². The molecule has 2 aromatic heterocycles. The number of H-pyrrole nitrogens is 1. The minimum atomic E-state index is -0.506. The molecule has 150 valence electrons. The van der Waals surface area contributed by atoms with Gasteiger partial charge >= 0.3 is 6.09 Å². The Labute approximate surface area is 170 Å². The molecule has 2 aliphatic carbocycles. The molecule has 1 N–H and O–H groups in total. The van der Waals surface area contributed by atoms with Crippen LogP contribution in [0.2, 0.25) is 0 Å². The predicted molar refractivity (Wildman–Crippen MR) is 105 cm³/mol.